The van der Waals surface area contributed by atoms with Gasteiger partial charge < -0.3 is 18.9 Å². The molecule has 0 N–H and O–H groups in total. The third-order valence-corrected chi connectivity index (χ3v) is 8.05. The number of rotatable bonds is 7. The molecule has 1 aromatic heterocycles. The lowest BCUT2D eigenvalue weighted by Crippen LogP contribution is -2.46. The van der Waals surface area contributed by atoms with Crippen LogP contribution >= 0.6 is 0 Å². The molecule has 6 rings (SSSR count). The average Bonchev–Trinajstić information content (AvgIpc) is 3.62. The van der Waals surface area contributed by atoms with E-state index in [1.165, 1.54) is 25.3 Å². The Kier molecular flexibility index (Phi) is 6.61. The molecule has 2 bridgehead atoms. The van der Waals surface area contributed by atoms with Crippen LogP contribution in [0.15, 0.2) is 47.0 Å². The predicted octanol–water partition coefficient (Wildman–Crippen LogP) is 6.88. The number of benzene rings is 2. The van der Waals surface area contributed by atoms with Gasteiger partial charge in [-0.2, -0.15) is 13.2 Å². The average molecular weight is 545 g/mol. The minimum Gasteiger partial charge on any atom is -0.465 e. The zero-order valence-corrected chi connectivity index (χ0v) is 21.3. The van der Waals surface area contributed by atoms with E-state index < -0.39 is 23.5 Å². The van der Waals surface area contributed by atoms with Gasteiger partial charge in [-0.3, -0.25) is 0 Å². The lowest BCUT2D eigenvalue weighted by Gasteiger charge is -2.40. The number of nitrogens with zero attached hydrogens (tertiary/aromatic N) is 2. The Bertz CT molecular complexity index is 1370. The third kappa shape index (κ3) is 4.90. The number of aromatic nitrogens is 1. The van der Waals surface area contributed by atoms with Gasteiger partial charge in [-0.1, -0.05) is 23.4 Å². The zero-order chi connectivity index (χ0) is 27.3. The first-order valence-electron chi connectivity index (χ1n) is 13.2. The largest absolute Gasteiger partial charge is 0.465 e. The fourth-order valence-corrected chi connectivity index (χ4v) is 6.10. The van der Waals surface area contributed by atoms with Gasteiger partial charge in [-0.25, -0.2) is 9.18 Å². The molecule has 3 aromatic rings. The van der Waals surface area contributed by atoms with Crippen LogP contribution in [0.3, 0.4) is 0 Å². The van der Waals surface area contributed by atoms with Crippen LogP contribution in [0, 0.1) is 5.82 Å². The van der Waals surface area contributed by atoms with Crippen LogP contribution in [0.2, 0.25) is 0 Å². The molecule has 3 heterocycles. The van der Waals surface area contributed by atoms with Gasteiger partial charge in [0.15, 0.2) is 0 Å². The van der Waals surface area contributed by atoms with Crippen molar-refractivity contribution in [3.63, 3.8) is 0 Å². The minimum absolute atomic E-state index is 0.0139. The first-order valence-corrected chi connectivity index (χ1v) is 13.2. The molecule has 2 aliphatic heterocycles. The summed E-state index contributed by atoms with van der Waals surface area (Å²) in [5, 5.41) is 4.08. The smallest absolute Gasteiger partial charge is 0.417 e. The molecule has 1 saturated carbocycles. The van der Waals surface area contributed by atoms with Crippen molar-refractivity contribution in [3.05, 3.63) is 70.7 Å². The van der Waals surface area contributed by atoms with Gasteiger partial charge in [0.05, 0.1) is 36.6 Å². The summed E-state index contributed by atoms with van der Waals surface area (Å²) < 4.78 is 72.9. The van der Waals surface area contributed by atoms with E-state index in [0.717, 1.165) is 31.7 Å². The Labute approximate surface area is 222 Å². The number of esters is 1. The quantitative estimate of drug-likeness (QED) is 0.239. The van der Waals surface area contributed by atoms with Crippen LogP contribution in [-0.2, 0) is 22.3 Å². The highest BCUT2D eigenvalue weighted by Gasteiger charge is 2.43. The second-order valence-electron chi connectivity index (χ2n) is 10.5. The van der Waals surface area contributed by atoms with Crippen molar-refractivity contribution in [2.45, 2.75) is 75.4 Å². The van der Waals surface area contributed by atoms with Crippen LogP contribution < -0.4 is 4.90 Å². The van der Waals surface area contributed by atoms with E-state index in [-0.39, 0.29) is 47.5 Å². The molecule has 39 heavy (non-hydrogen) atoms. The fourth-order valence-electron chi connectivity index (χ4n) is 6.10. The zero-order valence-electron chi connectivity index (χ0n) is 21.3. The van der Waals surface area contributed by atoms with Crippen molar-refractivity contribution < 1.29 is 36.4 Å². The van der Waals surface area contributed by atoms with Gasteiger partial charge >= 0.3 is 12.1 Å². The number of anilines is 1. The third-order valence-electron chi connectivity index (χ3n) is 8.05. The maximum absolute atomic E-state index is 15.0. The van der Waals surface area contributed by atoms with Gasteiger partial charge in [0, 0.05) is 29.1 Å². The highest BCUT2D eigenvalue weighted by atomic mass is 19.4. The monoisotopic (exact) mass is 544 g/mol. The summed E-state index contributed by atoms with van der Waals surface area (Å²) in [6.07, 6.45) is 0.242. The summed E-state index contributed by atoms with van der Waals surface area (Å²) in [6, 6.07) is 9.90. The summed E-state index contributed by atoms with van der Waals surface area (Å²) in [6.45, 7) is 0.100. The lowest BCUT2D eigenvalue weighted by atomic mass is 9.97. The normalized spacial score (nSPS) is 22.8. The molecule has 3 atom stereocenters. The Morgan fingerprint density at radius 3 is 2.44 bits per heavy atom. The van der Waals surface area contributed by atoms with E-state index in [4.69, 9.17) is 9.26 Å². The predicted molar refractivity (Wildman–Crippen MR) is 134 cm³/mol. The van der Waals surface area contributed by atoms with Gasteiger partial charge in [0.1, 0.15) is 17.3 Å². The van der Waals surface area contributed by atoms with Crippen molar-refractivity contribution in [2.24, 2.45) is 0 Å². The molecule has 6 nitrogen and oxygen atoms in total. The van der Waals surface area contributed by atoms with Crippen LogP contribution in [0.4, 0.5) is 23.2 Å². The Morgan fingerprint density at radius 2 is 1.79 bits per heavy atom. The first kappa shape index (κ1) is 25.9. The van der Waals surface area contributed by atoms with E-state index in [2.05, 4.69) is 14.8 Å². The van der Waals surface area contributed by atoms with Gasteiger partial charge in [0.25, 0.3) is 0 Å². The number of methoxy groups -OCH3 is 1. The number of halogens is 4. The molecule has 206 valence electrons. The van der Waals surface area contributed by atoms with Crippen LogP contribution in [-0.4, -0.2) is 36.4 Å². The van der Waals surface area contributed by atoms with Crippen LogP contribution in [0.5, 0.6) is 0 Å². The molecule has 2 saturated heterocycles. The topological polar surface area (TPSA) is 64.8 Å². The highest BCUT2D eigenvalue weighted by Crippen LogP contribution is 2.47. The summed E-state index contributed by atoms with van der Waals surface area (Å²) in [5.41, 5.74) is 0.599. The van der Waals surface area contributed by atoms with Crippen molar-refractivity contribution in [1.29, 1.82) is 0 Å². The van der Waals surface area contributed by atoms with Gasteiger partial charge in [-0.05, 0) is 62.8 Å². The number of piperidine rings is 1. The van der Waals surface area contributed by atoms with Gasteiger partial charge in [0.2, 0.25) is 0 Å². The van der Waals surface area contributed by atoms with E-state index in [1.807, 2.05) is 0 Å². The second kappa shape index (κ2) is 9.97. The Balaban J connectivity index is 1.20. The molecule has 0 spiro atoms. The number of ether oxygens (including phenoxy) is 2. The molecule has 2 aromatic carbocycles. The fraction of sp³-hybridized carbons (Fsp3) is 0.448. The van der Waals surface area contributed by atoms with E-state index in [1.54, 1.807) is 18.2 Å². The van der Waals surface area contributed by atoms with Crippen molar-refractivity contribution in [2.75, 3.05) is 12.0 Å². The van der Waals surface area contributed by atoms with Crippen LogP contribution in [0.1, 0.15) is 71.7 Å². The molecule has 3 fully saturated rings. The Morgan fingerprint density at radius 1 is 1.08 bits per heavy atom. The van der Waals surface area contributed by atoms with E-state index >= 15 is 4.39 Å². The summed E-state index contributed by atoms with van der Waals surface area (Å²) in [4.78, 5) is 13.9. The number of alkyl halides is 3. The lowest BCUT2D eigenvalue weighted by molar-refractivity contribution is -0.137. The molecule has 0 amide bonds. The van der Waals surface area contributed by atoms with Crippen molar-refractivity contribution >= 4 is 11.7 Å². The van der Waals surface area contributed by atoms with E-state index in [0.29, 0.717) is 29.9 Å². The molecule has 10 heteroatoms. The molecule has 1 aliphatic carbocycles. The first-order chi connectivity index (χ1) is 18.7. The number of hydrogen-bond donors (Lipinski definition) is 0. The maximum atomic E-state index is 15.0. The molecular weight excluding hydrogens is 516 g/mol. The van der Waals surface area contributed by atoms with Crippen LogP contribution in [0.25, 0.3) is 11.3 Å². The molecular formula is C29H28F4N2O4. The van der Waals surface area contributed by atoms with Gasteiger partial charge in [-0.15, -0.1) is 0 Å². The highest BCUT2D eigenvalue weighted by molar-refractivity contribution is 5.89. The standard InChI is InChI=1S/C29H28F4N2O4/c1-37-28(36)17-8-11-25(24(30)12-17)35-18-9-10-19(35)14-20(13-18)38-15-22-26(34-39-27(22)16-6-7-16)21-4-2-3-5-23(21)29(31,32)33/h2-5,8,11-12,16,18-20H,6-7,9-10,13-15H2,1H3/t18-,19+,20?. The molecule has 0 radical (unpaired) electrons. The SMILES string of the molecule is COC(=O)c1ccc(N2[C@@H]3CC[C@H]2CC(OCc2c(-c4ccccc4C(F)(F)F)noc2C2CC2)C3)c(F)c1. The number of hydrogen-bond acceptors (Lipinski definition) is 6. The van der Waals surface area contributed by atoms with E-state index in [9.17, 15) is 18.0 Å². The summed E-state index contributed by atoms with van der Waals surface area (Å²) in [5.74, 6) is -0.306. The number of fused-ring (bicyclic) bond motifs is 2. The second-order valence-corrected chi connectivity index (χ2v) is 10.5. The number of carbonyl (C=O) groups is 1. The maximum Gasteiger partial charge on any atom is 0.417 e. The van der Waals surface area contributed by atoms with Crippen molar-refractivity contribution in [1.82, 2.24) is 5.16 Å². The summed E-state index contributed by atoms with van der Waals surface area (Å²) >= 11 is 0. The molecule has 1 unspecified atom stereocenters. The number of carbonyl (C=O) groups excluding carboxylic acids is 1. The summed E-state index contributed by atoms with van der Waals surface area (Å²) in [7, 11) is 1.25. The molecule has 3 aliphatic rings. The van der Waals surface area contributed by atoms with Crippen molar-refractivity contribution in [3.8, 4) is 11.3 Å². The minimum atomic E-state index is -4.52. The Hall–Kier alpha value is -3.40.